The number of nitrogens with zero attached hydrogens (tertiary/aromatic N) is 4. The Balaban J connectivity index is 1.43. The Morgan fingerprint density at radius 3 is 2.38 bits per heavy atom. The number of sulfonamides is 1. The number of para-hydroxylation sites is 1. The third-order valence-electron chi connectivity index (χ3n) is 5.76. The number of ether oxygens (including phenoxy) is 1. The van der Waals surface area contributed by atoms with Gasteiger partial charge in [0.15, 0.2) is 5.82 Å². The molecule has 0 radical (unpaired) electrons. The molecule has 0 aliphatic carbocycles. The first kappa shape index (κ1) is 27.8. The second-order valence-corrected chi connectivity index (χ2v) is 10.0. The second kappa shape index (κ2) is 12.1. The van der Waals surface area contributed by atoms with Crippen molar-refractivity contribution in [2.24, 2.45) is 0 Å². The lowest BCUT2D eigenvalue weighted by Gasteiger charge is -2.15. The van der Waals surface area contributed by atoms with Gasteiger partial charge in [0, 0.05) is 12.1 Å². The normalized spacial score (nSPS) is 11.8. The highest BCUT2D eigenvalue weighted by atomic mass is 32.2. The summed E-state index contributed by atoms with van der Waals surface area (Å²) in [6, 6.07) is 16.9. The van der Waals surface area contributed by atoms with E-state index in [0.29, 0.717) is 12.0 Å². The summed E-state index contributed by atoms with van der Waals surface area (Å²) in [7, 11) is -4.11. The van der Waals surface area contributed by atoms with Crippen LogP contribution in [0.1, 0.15) is 41.0 Å². The molecule has 4 rings (SSSR count). The fourth-order valence-electron chi connectivity index (χ4n) is 3.73. The van der Waals surface area contributed by atoms with Crippen LogP contribution in [-0.2, 0) is 21.4 Å². The van der Waals surface area contributed by atoms with Crippen molar-refractivity contribution in [1.82, 2.24) is 25.9 Å². The largest absolute Gasteiger partial charge is 0.426 e. The fraction of sp³-hybridized carbons (Fsp3) is 0.160. The number of nitro benzene ring substituents is 1. The number of rotatable bonds is 11. The molecule has 0 spiro atoms. The van der Waals surface area contributed by atoms with E-state index in [1.165, 1.54) is 60.7 Å². The number of tetrazole rings is 1. The van der Waals surface area contributed by atoms with Gasteiger partial charge in [-0.15, -0.1) is 10.2 Å². The van der Waals surface area contributed by atoms with Crippen molar-refractivity contribution in [1.29, 1.82) is 0 Å². The Morgan fingerprint density at radius 1 is 1.05 bits per heavy atom. The van der Waals surface area contributed by atoms with E-state index in [1.807, 2.05) is 0 Å². The van der Waals surface area contributed by atoms with Gasteiger partial charge in [0.05, 0.1) is 33.5 Å². The molecule has 40 heavy (non-hydrogen) atoms. The van der Waals surface area contributed by atoms with Crippen LogP contribution in [0.15, 0.2) is 77.7 Å². The lowest BCUT2D eigenvalue weighted by atomic mass is 9.96. The zero-order valence-corrected chi connectivity index (χ0v) is 21.8. The monoisotopic (exact) mass is 565 g/mol. The third-order valence-corrected chi connectivity index (χ3v) is 7.15. The summed E-state index contributed by atoms with van der Waals surface area (Å²) in [6.07, 6.45) is 0.384. The average molecular weight is 566 g/mol. The summed E-state index contributed by atoms with van der Waals surface area (Å²) in [5.41, 5.74) is 0.598. The van der Waals surface area contributed by atoms with E-state index >= 15 is 0 Å². The molecule has 15 heteroatoms. The number of H-pyrrole nitrogens is 1. The van der Waals surface area contributed by atoms with Crippen LogP contribution in [0.25, 0.3) is 0 Å². The molecule has 1 atom stereocenters. The third kappa shape index (κ3) is 6.63. The summed E-state index contributed by atoms with van der Waals surface area (Å²) in [4.78, 5) is 35.7. The van der Waals surface area contributed by atoms with E-state index in [4.69, 9.17) is 4.74 Å². The molecule has 4 aromatic rings. The predicted molar refractivity (Wildman–Crippen MR) is 141 cm³/mol. The van der Waals surface area contributed by atoms with Gasteiger partial charge in [-0.3, -0.25) is 24.4 Å². The molecule has 1 heterocycles. The quantitative estimate of drug-likeness (QED) is 0.105. The molecule has 3 N–H and O–H groups in total. The molecule has 0 saturated carbocycles. The molecule has 0 aliphatic heterocycles. The van der Waals surface area contributed by atoms with E-state index in [2.05, 4.69) is 30.7 Å². The first-order chi connectivity index (χ1) is 19.2. The number of hydrogen-bond donors (Lipinski definition) is 3. The number of aromatic amines is 1. The van der Waals surface area contributed by atoms with Crippen LogP contribution < -0.4 is 14.8 Å². The maximum absolute atomic E-state index is 13.0. The van der Waals surface area contributed by atoms with Gasteiger partial charge < -0.3 is 10.1 Å². The number of benzene rings is 3. The minimum absolute atomic E-state index is 0.0142. The van der Waals surface area contributed by atoms with Crippen molar-refractivity contribution in [3.05, 3.63) is 99.9 Å². The van der Waals surface area contributed by atoms with E-state index in [9.17, 15) is 28.1 Å². The number of amides is 1. The number of carbonyl (C=O) groups is 2. The number of nitrogens with one attached hydrogen (secondary N) is 3. The highest BCUT2D eigenvalue weighted by Crippen LogP contribution is 2.26. The highest BCUT2D eigenvalue weighted by Gasteiger charge is 2.23. The van der Waals surface area contributed by atoms with Crippen molar-refractivity contribution in [3.63, 3.8) is 0 Å². The van der Waals surface area contributed by atoms with Crippen LogP contribution in [-0.4, -0.2) is 45.8 Å². The first-order valence-electron chi connectivity index (χ1n) is 11.9. The molecule has 0 bridgehead atoms. The molecule has 1 amide bonds. The van der Waals surface area contributed by atoms with Gasteiger partial charge in [0.25, 0.3) is 21.6 Å². The molecule has 0 saturated heterocycles. The van der Waals surface area contributed by atoms with E-state index in [0.717, 1.165) is 0 Å². The fourth-order valence-corrected chi connectivity index (χ4v) is 4.81. The van der Waals surface area contributed by atoms with Crippen LogP contribution in [0, 0.1) is 10.1 Å². The summed E-state index contributed by atoms with van der Waals surface area (Å²) >= 11 is 0. The zero-order valence-electron chi connectivity index (χ0n) is 21.0. The Morgan fingerprint density at radius 2 is 1.75 bits per heavy atom. The minimum atomic E-state index is -4.11. The lowest BCUT2D eigenvalue weighted by Crippen LogP contribution is -2.25. The van der Waals surface area contributed by atoms with Crippen LogP contribution >= 0.6 is 0 Å². The van der Waals surface area contributed by atoms with Gasteiger partial charge in [-0.1, -0.05) is 36.4 Å². The van der Waals surface area contributed by atoms with Crippen molar-refractivity contribution in [2.75, 3.05) is 4.72 Å². The lowest BCUT2D eigenvalue weighted by molar-refractivity contribution is -0.384. The molecule has 0 fully saturated rings. The maximum atomic E-state index is 13.0. The maximum Gasteiger partial charge on any atom is 0.318 e. The van der Waals surface area contributed by atoms with E-state index in [-0.39, 0.29) is 40.0 Å². The van der Waals surface area contributed by atoms with E-state index in [1.54, 1.807) is 19.1 Å². The van der Waals surface area contributed by atoms with Crippen LogP contribution in [0.4, 0.5) is 11.4 Å². The molecule has 14 nitrogen and oxygen atoms in total. The van der Waals surface area contributed by atoms with Gasteiger partial charge in [-0.2, -0.15) is 5.21 Å². The molecule has 1 unspecified atom stereocenters. The summed E-state index contributed by atoms with van der Waals surface area (Å²) in [5, 5.41) is 26.6. The van der Waals surface area contributed by atoms with Crippen LogP contribution in [0.5, 0.6) is 5.75 Å². The topological polar surface area (TPSA) is 199 Å². The molecule has 1 aromatic heterocycles. The van der Waals surface area contributed by atoms with Crippen LogP contribution in [0.2, 0.25) is 0 Å². The Bertz CT molecular complexity index is 1610. The standard InChI is InChI=1S/C25H23N7O7S/c1-2-20(16-7-9-17(10-8-16)32(35)36)25(34)39-18-11-13-19(14-12-18)40(37,38)29-22-6-4-3-5-21(22)24(33)26-15-23-27-30-31-28-23/h3-14,20,29H,2,15H2,1H3,(H,26,33)(H,27,28,30,31). The summed E-state index contributed by atoms with van der Waals surface area (Å²) in [6.45, 7) is 1.76. The van der Waals surface area contributed by atoms with Gasteiger partial charge >= 0.3 is 5.97 Å². The number of hydrogen-bond acceptors (Lipinski definition) is 10. The smallest absolute Gasteiger partial charge is 0.318 e. The molecule has 0 aliphatic rings. The number of nitro groups is 1. The number of esters is 1. The molecule has 206 valence electrons. The molecule has 3 aromatic carbocycles. The van der Waals surface area contributed by atoms with Gasteiger partial charge in [-0.05, 0) is 48.4 Å². The average Bonchev–Trinajstić information content (AvgIpc) is 3.47. The van der Waals surface area contributed by atoms with E-state index < -0.39 is 32.7 Å². The van der Waals surface area contributed by atoms with Gasteiger partial charge in [0.1, 0.15) is 5.75 Å². The van der Waals surface area contributed by atoms with Crippen molar-refractivity contribution >= 4 is 33.3 Å². The summed E-state index contributed by atoms with van der Waals surface area (Å²) < 4.78 is 33.9. The molecular weight excluding hydrogens is 542 g/mol. The van der Waals surface area contributed by atoms with Crippen LogP contribution in [0.3, 0.4) is 0 Å². The number of anilines is 1. The van der Waals surface area contributed by atoms with Crippen molar-refractivity contribution in [2.45, 2.75) is 30.7 Å². The number of aromatic nitrogens is 4. The number of carbonyl (C=O) groups excluding carboxylic acids is 2. The van der Waals surface area contributed by atoms with Gasteiger partial charge in [0.2, 0.25) is 0 Å². The highest BCUT2D eigenvalue weighted by molar-refractivity contribution is 7.92. The Labute approximate surface area is 228 Å². The second-order valence-electron chi connectivity index (χ2n) is 8.36. The Hall–Kier alpha value is -5.18. The first-order valence-corrected chi connectivity index (χ1v) is 13.3. The minimum Gasteiger partial charge on any atom is -0.426 e. The predicted octanol–water partition coefficient (Wildman–Crippen LogP) is 2.94. The van der Waals surface area contributed by atoms with Gasteiger partial charge in [-0.25, -0.2) is 8.42 Å². The Kier molecular flexibility index (Phi) is 8.44. The summed E-state index contributed by atoms with van der Waals surface area (Å²) in [5.74, 6) is -1.45. The van der Waals surface area contributed by atoms with Crippen molar-refractivity contribution < 1.29 is 27.7 Å². The molecular formula is C25H23N7O7S. The zero-order chi connectivity index (χ0) is 28.7. The number of non-ortho nitro benzene ring substituents is 1. The SMILES string of the molecule is CCC(C(=O)Oc1ccc(S(=O)(=O)Nc2ccccc2C(=O)NCc2nn[nH]n2)cc1)c1ccc([N+](=O)[O-])cc1. The van der Waals surface area contributed by atoms with Crippen molar-refractivity contribution in [3.8, 4) is 5.75 Å².